The van der Waals surface area contributed by atoms with Crippen molar-refractivity contribution in [3.63, 3.8) is 0 Å². The number of nitrogens with zero attached hydrogens (tertiary/aromatic N) is 2. The van der Waals surface area contributed by atoms with Gasteiger partial charge in [-0.25, -0.2) is 0 Å². The lowest BCUT2D eigenvalue weighted by Crippen LogP contribution is -2.61. The van der Waals surface area contributed by atoms with Crippen molar-refractivity contribution in [2.75, 3.05) is 32.7 Å². The number of rotatable bonds is 7. The van der Waals surface area contributed by atoms with E-state index < -0.39 is 5.54 Å². The maximum Gasteiger partial charge on any atom is 0.243 e. The molecule has 1 N–H and O–H groups in total. The fraction of sp³-hybridized carbons (Fsp3) is 0.619. The Hall–Kier alpha value is -1.88. The summed E-state index contributed by atoms with van der Waals surface area (Å²) in [6.45, 7) is 5.63. The maximum absolute atomic E-state index is 13.1. The van der Waals surface area contributed by atoms with E-state index >= 15 is 0 Å². The number of hydrogen-bond acceptors (Lipinski definition) is 3. The normalized spacial score (nSPS) is 23.6. The van der Waals surface area contributed by atoms with Gasteiger partial charge < -0.3 is 10.2 Å². The number of benzene rings is 1. The fourth-order valence-corrected chi connectivity index (χ4v) is 4.46. The lowest BCUT2D eigenvalue weighted by molar-refractivity contribution is -0.148. The molecule has 2 heterocycles. The average molecular weight is 357 g/mol. The minimum atomic E-state index is -0.426. The van der Waals surface area contributed by atoms with E-state index in [0.29, 0.717) is 13.1 Å². The Morgan fingerprint density at radius 1 is 1.15 bits per heavy atom. The van der Waals surface area contributed by atoms with Gasteiger partial charge in [0.15, 0.2) is 0 Å². The summed E-state index contributed by atoms with van der Waals surface area (Å²) >= 11 is 0. The van der Waals surface area contributed by atoms with Gasteiger partial charge in [0.1, 0.15) is 5.54 Å². The molecule has 0 aromatic heterocycles. The highest BCUT2D eigenvalue weighted by atomic mass is 16.2. The third kappa shape index (κ3) is 4.09. The zero-order valence-corrected chi connectivity index (χ0v) is 15.9. The Bertz CT molecular complexity index is 617. The minimum Gasteiger partial charge on any atom is -0.355 e. The standard InChI is InChI=1S/C21H31N3O2/c1-2-14-23-15-6-11-21(20(23)26)12-7-16-24(21)17-19(25)22-13-10-18-8-4-3-5-9-18/h3-5,8-9H,2,6-7,10-17H2,1H3,(H,22,25). The summed E-state index contributed by atoms with van der Waals surface area (Å²) in [5.74, 6) is 0.280. The molecule has 0 aliphatic carbocycles. The number of carbonyl (C=O) groups is 2. The van der Waals surface area contributed by atoms with Gasteiger partial charge in [0.2, 0.25) is 11.8 Å². The van der Waals surface area contributed by atoms with E-state index in [1.807, 2.05) is 23.1 Å². The summed E-state index contributed by atoms with van der Waals surface area (Å²) < 4.78 is 0. The average Bonchev–Trinajstić information content (AvgIpc) is 3.03. The smallest absolute Gasteiger partial charge is 0.243 e. The Balaban J connectivity index is 1.54. The zero-order chi connectivity index (χ0) is 18.4. The first-order valence-electron chi connectivity index (χ1n) is 10.0. The van der Waals surface area contributed by atoms with E-state index in [1.165, 1.54) is 5.56 Å². The quantitative estimate of drug-likeness (QED) is 0.814. The molecule has 1 aromatic rings. The van der Waals surface area contributed by atoms with Crippen molar-refractivity contribution >= 4 is 11.8 Å². The number of amides is 2. The van der Waals surface area contributed by atoms with Crippen LogP contribution < -0.4 is 5.32 Å². The summed E-state index contributed by atoms with van der Waals surface area (Å²) in [5.41, 5.74) is 0.799. The molecule has 0 radical (unpaired) electrons. The van der Waals surface area contributed by atoms with Crippen molar-refractivity contribution in [3.05, 3.63) is 35.9 Å². The van der Waals surface area contributed by atoms with Crippen LogP contribution in [0.3, 0.4) is 0 Å². The lowest BCUT2D eigenvalue weighted by Gasteiger charge is -2.44. The van der Waals surface area contributed by atoms with E-state index in [1.54, 1.807) is 0 Å². The lowest BCUT2D eigenvalue weighted by atomic mass is 9.85. The Labute approximate surface area is 156 Å². The molecule has 142 valence electrons. The van der Waals surface area contributed by atoms with Gasteiger partial charge in [0.05, 0.1) is 6.54 Å². The van der Waals surface area contributed by atoms with Crippen LogP contribution in [0.15, 0.2) is 30.3 Å². The van der Waals surface area contributed by atoms with Crippen molar-refractivity contribution < 1.29 is 9.59 Å². The largest absolute Gasteiger partial charge is 0.355 e. The van der Waals surface area contributed by atoms with E-state index in [9.17, 15) is 9.59 Å². The second-order valence-corrected chi connectivity index (χ2v) is 7.54. The highest BCUT2D eigenvalue weighted by Gasteiger charge is 2.50. The molecular weight excluding hydrogens is 326 g/mol. The molecule has 2 saturated heterocycles. The molecule has 1 aromatic carbocycles. The van der Waals surface area contributed by atoms with Gasteiger partial charge in [-0.1, -0.05) is 37.3 Å². The molecule has 1 unspecified atom stereocenters. The van der Waals surface area contributed by atoms with Gasteiger partial charge in [-0.05, 0) is 50.6 Å². The van der Waals surface area contributed by atoms with Crippen LogP contribution in [-0.2, 0) is 16.0 Å². The summed E-state index contributed by atoms with van der Waals surface area (Å²) in [7, 11) is 0. The van der Waals surface area contributed by atoms with E-state index in [4.69, 9.17) is 0 Å². The van der Waals surface area contributed by atoms with Gasteiger partial charge in [0, 0.05) is 19.6 Å². The maximum atomic E-state index is 13.1. The second kappa shape index (κ2) is 8.67. The van der Waals surface area contributed by atoms with Crippen LogP contribution in [0.1, 0.15) is 44.6 Å². The topological polar surface area (TPSA) is 52.6 Å². The number of nitrogens with one attached hydrogen (secondary N) is 1. The Kier molecular flexibility index (Phi) is 6.30. The predicted octanol–water partition coefficient (Wildman–Crippen LogP) is 2.21. The van der Waals surface area contributed by atoms with Gasteiger partial charge in [-0.15, -0.1) is 0 Å². The molecule has 5 heteroatoms. The number of piperidine rings is 1. The van der Waals surface area contributed by atoms with Crippen LogP contribution in [0.5, 0.6) is 0 Å². The summed E-state index contributed by atoms with van der Waals surface area (Å²) in [5, 5.41) is 3.03. The zero-order valence-electron chi connectivity index (χ0n) is 15.9. The highest BCUT2D eigenvalue weighted by Crippen LogP contribution is 2.38. The Morgan fingerprint density at radius 2 is 1.88 bits per heavy atom. The summed E-state index contributed by atoms with van der Waals surface area (Å²) in [4.78, 5) is 29.7. The first-order valence-corrected chi connectivity index (χ1v) is 10.0. The number of carbonyl (C=O) groups excluding carboxylic acids is 2. The molecule has 26 heavy (non-hydrogen) atoms. The minimum absolute atomic E-state index is 0.0302. The van der Waals surface area contributed by atoms with Crippen LogP contribution in [0, 0.1) is 0 Å². The van der Waals surface area contributed by atoms with E-state index in [0.717, 1.165) is 58.2 Å². The second-order valence-electron chi connectivity index (χ2n) is 7.54. The highest BCUT2D eigenvalue weighted by molar-refractivity contribution is 5.88. The molecule has 2 aliphatic heterocycles. The molecule has 5 nitrogen and oxygen atoms in total. The molecular formula is C21H31N3O2. The van der Waals surface area contributed by atoms with Crippen molar-refractivity contribution in [1.29, 1.82) is 0 Å². The third-order valence-corrected chi connectivity index (χ3v) is 5.73. The third-order valence-electron chi connectivity index (χ3n) is 5.73. The van der Waals surface area contributed by atoms with Gasteiger partial charge in [0.25, 0.3) is 0 Å². The van der Waals surface area contributed by atoms with Crippen LogP contribution in [0.2, 0.25) is 0 Å². The number of hydrogen-bond donors (Lipinski definition) is 1. The fourth-order valence-electron chi connectivity index (χ4n) is 4.46. The molecule has 1 atom stereocenters. The Morgan fingerprint density at radius 3 is 2.62 bits per heavy atom. The van der Waals surface area contributed by atoms with Crippen molar-refractivity contribution in [3.8, 4) is 0 Å². The monoisotopic (exact) mass is 357 g/mol. The van der Waals surface area contributed by atoms with Crippen LogP contribution in [-0.4, -0.2) is 59.9 Å². The molecule has 1 spiro atoms. The van der Waals surface area contributed by atoms with Crippen LogP contribution in [0.4, 0.5) is 0 Å². The van der Waals surface area contributed by atoms with Crippen molar-refractivity contribution in [2.24, 2.45) is 0 Å². The number of likely N-dealkylation sites (tertiary alicyclic amines) is 2. The van der Waals surface area contributed by atoms with Crippen molar-refractivity contribution in [1.82, 2.24) is 15.1 Å². The molecule has 2 amide bonds. The first kappa shape index (κ1) is 18.9. The van der Waals surface area contributed by atoms with Crippen molar-refractivity contribution in [2.45, 2.75) is 51.0 Å². The molecule has 0 saturated carbocycles. The molecule has 3 rings (SSSR count). The SMILES string of the molecule is CCCN1CCCC2(CCCN2CC(=O)NCCc2ccccc2)C1=O. The van der Waals surface area contributed by atoms with E-state index in [-0.39, 0.29) is 11.8 Å². The van der Waals surface area contributed by atoms with Gasteiger partial charge in [-0.2, -0.15) is 0 Å². The molecule has 2 aliphatic rings. The van der Waals surface area contributed by atoms with Gasteiger partial charge in [-0.3, -0.25) is 14.5 Å². The van der Waals surface area contributed by atoms with Crippen LogP contribution in [0.25, 0.3) is 0 Å². The van der Waals surface area contributed by atoms with Gasteiger partial charge >= 0.3 is 0 Å². The first-order chi connectivity index (χ1) is 12.7. The molecule has 0 bridgehead atoms. The predicted molar refractivity (Wildman–Crippen MR) is 103 cm³/mol. The summed E-state index contributed by atoms with van der Waals surface area (Å²) in [6, 6.07) is 10.2. The molecule has 2 fully saturated rings. The summed E-state index contributed by atoms with van der Waals surface area (Å²) in [6.07, 6.45) is 5.65. The van der Waals surface area contributed by atoms with Crippen LogP contribution >= 0.6 is 0 Å². The van der Waals surface area contributed by atoms with E-state index in [2.05, 4.69) is 29.3 Å².